The van der Waals surface area contributed by atoms with Crippen molar-refractivity contribution in [3.8, 4) is 11.6 Å². The van der Waals surface area contributed by atoms with E-state index < -0.39 is 0 Å². The highest BCUT2D eigenvalue weighted by molar-refractivity contribution is 5.57. The Labute approximate surface area is 125 Å². The molecule has 1 aromatic carbocycles. The molecule has 1 fully saturated rings. The van der Waals surface area contributed by atoms with Crippen LogP contribution in [-0.2, 0) is 6.54 Å². The predicted octanol–water partition coefficient (Wildman–Crippen LogP) is 4.16. The molecule has 0 aliphatic heterocycles. The average Bonchev–Trinajstić information content (AvgIpc) is 3.33. The first-order valence-corrected chi connectivity index (χ1v) is 7.43. The van der Waals surface area contributed by atoms with Crippen molar-refractivity contribution in [1.82, 2.24) is 10.3 Å². The van der Waals surface area contributed by atoms with Crippen molar-refractivity contribution >= 4 is 6.08 Å². The van der Waals surface area contributed by atoms with Gasteiger partial charge in [0.15, 0.2) is 0 Å². The van der Waals surface area contributed by atoms with Crippen LogP contribution in [0.4, 0.5) is 0 Å². The van der Waals surface area contributed by atoms with Gasteiger partial charge in [-0.05, 0) is 31.9 Å². The Balaban J connectivity index is 1.80. The number of allylic oxidation sites excluding steroid dienone is 1. The maximum Gasteiger partial charge on any atom is 0.223 e. The molecule has 0 unspecified atom stereocenters. The Kier molecular flexibility index (Phi) is 4.31. The molecule has 3 heteroatoms. The number of hydrogen-bond donors (Lipinski definition) is 1. The van der Waals surface area contributed by atoms with Gasteiger partial charge >= 0.3 is 0 Å². The zero-order valence-corrected chi connectivity index (χ0v) is 12.3. The number of aromatic nitrogens is 1. The molecular formula is C18H20N2O. The number of pyridine rings is 1. The van der Waals surface area contributed by atoms with E-state index in [1.165, 1.54) is 12.8 Å². The molecule has 1 aliphatic carbocycles. The molecule has 108 valence electrons. The summed E-state index contributed by atoms with van der Waals surface area (Å²) >= 11 is 0. The fourth-order valence-corrected chi connectivity index (χ4v) is 2.19. The third kappa shape index (κ3) is 3.70. The van der Waals surface area contributed by atoms with Crippen LogP contribution >= 0.6 is 0 Å². The lowest BCUT2D eigenvalue weighted by Crippen LogP contribution is -2.16. The monoisotopic (exact) mass is 280 g/mol. The largest absolute Gasteiger partial charge is 0.438 e. The summed E-state index contributed by atoms with van der Waals surface area (Å²) in [7, 11) is 0. The summed E-state index contributed by atoms with van der Waals surface area (Å²) in [6.45, 7) is 2.81. The van der Waals surface area contributed by atoms with Gasteiger partial charge in [0, 0.05) is 29.9 Å². The summed E-state index contributed by atoms with van der Waals surface area (Å²) in [5.74, 6) is 1.52. The fraction of sp³-hybridized carbons (Fsp3) is 0.278. The standard InChI is InChI=1S/C18H20N2O/c1-2-6-14-7-3-4-9-17(14)21-18-15(8-5-12-19-18)13-20-16-10-11-16/h2-9,12,16,20H,10-11,13H2,1H3. The molecule has 21 heavy (non-hydrogen) atoms. The average molecular weight is 280 g/mol. The van der Waals surface area contributed by atoms with E-state index in [0.717, 1.165) is 23.4 Å². The topological polar surface area (TPSA) is 34.1 Å². The summed E-state index contributed by atoms with van der Waals surface area (Å²) in [6, 6.07) is 12.7. The van der Waals surface area contributed by atoms with Gasteiger partial charge in [0.05, 0.1) is 0 Å². The second kappa shape index (κ2) is 6.55. The van der Waals surface area contributed by atoms with E-state index in [1.54, 1.807) is 6.20 Å². The summed E-state index contributed by atoms with van der Waals surface area (Å²) in [5, 5.41) is 3.50. The smallest absolute Gasteiger partial charge is 0.223 e. The van der Waals surface area contributed by atoms with Gasteiger partial charge in [-0.2, -0.15) is 0 Å². The van der Waals surface area contributed by atoms with Crippen molar-refractivity contribution in [2.24, 2.45) is 0 Å². The molecule has 1 aromatic heterocycles. The first-order valence-electron chi connectivity index (χ1n) is 7.43. The lowest BCUT2D eigenvalue weighted by molar-refractivity contribution is 0.451. The van der Waals surface area contributed by atoms with Gasteiger partial charge in [0.2, 0.25) is 5.88 Å². The van der Waals surface area contributed by atoms with E-state index in [0.29, 0.717) is 11.9 Å². The second-order valence-corrected chi connectivity index (χ2v) is 5.26. The number of nitrogens with zero attached hydrogens (tertiary/aromatic N) is 1. The molecule has 0 bridgehead atoms. The van der Waals surface area contributed by atoms with Gasteiger partial charge in [0.25, 0.3) is 0 Å². The Morgan fingerprint density at radius 3 is 2.90 bits per heavy atom. The van der Waals surface area contributed by atoms with Gasteiger partial charge in [-0.3, -0.25) is 0 Å². The number of hydrogen-bond acceptors (Lipinski definition) is 3. The highest BCUT2D eigenvalue weighted by Crippen LogP contribution is 2.28. The molecule has 0 radical (unpaired) electrons. The van der Waals surface area contributed by atoms with Crippen LogP contribution in [0.15, 0.2) is 48.7 Å². The number of nitrogens with one attached hydrogen (secondary N) is 1. The van der Waals surface area contributed by atoms with Crippen LogP contribution < -0.4 is 10.1 Å². The summed E-state index contributed by atoms with van der Waals surface area (Å²) in [4.78, 5) is 4.39. The van der Waals surface area contributed by atoms with Crippen LogP contribution in [0.3, 0.4) is 0 Å². The Hall–Kier alpha value is -2.13. The summed E-state index contributed by atoms with van der Waals surface area (Å²) in [5.41, 5.74) is 2.16. The third-order valence-electron chi connectivity index (χ3n) is 3.48. The Morgan fingerprint density at radius 2 is 2.10 bits per heavy atom. The van der Waals surface area contributed by atoms with E-state index in [-0.39, 0.29) is 0 Å². The SMILES string of the molecule is CC=Cc1ccccc1Oc1ncccc1CNC1CC1. The van der Waals surface area contributed by atoms with Crippen LogP contribution in [-0.4, -0.2) is 11.0 Å². The molecule has 3 nitrogen and oxygen atoms in total. The Bertz CT molecular complexity index is 633. The molecule has 0 spiro atoms. The van der Waals surface area contributed by atoms with Crippen molar-refractivity contribution in [3.05, 3.63) is 59.8 Å². The maximum absolute atomic E-state index is 6.04. The van der Waals surface area contributed by atoms with Crippen molar-refractivity contribution in [1.29, 1.82) is 0 Å². The van der Waals surface area contributed by atoms with E-state index >= 15 is 0 Å². The fourth-order valence-electron chi connectivity index (χ4n) is 2.19. The number of benzene rings is 1. The highest BCUT2D eigenvalue weighted by atomic mass is 16.5. The minimum absolute atomic E-state index is 0.674. The third-order valence-corrected chi connectivity index (χ3v) is 3.48. The van der Waals surface area contributed by atoms with Crippen molar-refractivity contribution in [2.75, 3.05) is 0 Å². The first-order chi connectivity index (χ1) is 10.4. The highest BCUT2D eigenvalue weighted by Gasteiger charge is 2.20. The van der Waals surface area contributed by atoms with Crippen molar-refractivity contribution in [3.63, 3.8) is 0 Å². The van der Waals surface area contributed by atoms with Crippen LogP contribution in [0.25, 0.3) is 6.08 Å². The van der Waals surface area contributed by atoms with Crippen molar-refractivity contribution in [2.45, 2.75) is 32.4 Å². The lowest BCUT2D eigenvalue weighted by atomic mass is 10.2. The molecule has 2 aromatic rings. The van der Waals surface area contributed by atoms with Gasteiger partial charge < -0.3 is 10.1 Å². The van der Waals surface area contributed by atoms with Gasteiger partial charge in [0.1, 0.15) is 5.75 Å². The van der Waals surface area contributed by atoms with Gasteiger partial charge in [-0.25, -0.2) is 4.98 Å². The number of rotatable bonds is 6. The Morgan fingerprint density at radius 1 is 1.24 bits per heavy atom. The van der Waals surface area contributed by atoms with E-state index in [2.05, 4.69) is 16.4 Å². The number of para-hydroxylation sites is 1. The maximum atomic E-state index is 6.04. The molecule has 3 rings (SSSR count). The van der Waals surface area contributed by atoms with Crippen LogP contribution in [0.1, 0.15) is 30.9 Å². The molecule has 1 saturated carbocycles. The zero-order chi connectivity index (χ0) is 14.5. The molecule has 0 atom stereocenters. The van der Waals surface area contributed by atoms with Crippen LogP contribution in [0, 0.1) is 0 Å². The van der Waals surface area contributed by atoms with Crippen LogP contribution in [0.2, 0.25) is 0 Å². The normalized spacial score (nSPS) is 14.5. The van der Waals surface area contributed by atoms with E-state index in [4.69, 9.17) is 4.74 Å². The molecule has 0 amide bonds. The minimum atomic E-state index is 0.674. The van der Waals surface area contributed by atoms with Gasteiger partial charge in [-0.15, -0.1) is 0 Å². The molecule has 1 aliphatic rings. The van der Waals surface area contributed by atoms with Gasteiger partial charge in [-0.1, -0.05) is 36.4 Å². The summed E-state index contributed by atoms with van der Waals surface area (Å²) < 4.78 is 6.04. The van der Waals surface area contributed by atoms with E-state index in [9.17, 15) is 0 Å². The van der Waals surface area contributed by atoms with E-state index in [1.807, 2.05) is 49.4 Å². The molecule has 0 saturated heterocycles. The quantitative estimate of drug-likeness (QED) is 0.862. The second-order valence-electron chi connectivity index (χ2n) is 5.26. The first kappa shape index (κ1) is 13.8. The minimum Gasteiger partial charge on any atom is -0.438 e. The van der Waals surface area contributed by atoms with Crippen molar-refractivity contribution < 1.29 is 4.74 Å². The summed E-state index contributed by atoms with van der Waals surface area (Å²) in [6.07, 6.45) is 8.38. The molecule has 1 N–H and O–H groups in total. The zero-order valence-electron chi connectivity index (χ0n) is 12.3. The number of ether oxygens (including phenoxy) is 1. The molecular weight excluding hydrogens is 260 g/mol. The molecule has 1 heterocycles. The predicted molar refractivity (Wildman–Crippen MR) is 85.3 cm³/mol. The van der Waals surface area contributed by atoms with Crippen LogP contribution in [0.5, 0.6) is 11.6 Å². The lowest BCUT2D eigenvalue weighted by Gasteiger charge is -2.12.